The standard InChI is InChI=1S/C22H26Cl2N2O2/c1-25-22(27)18-3-2-12-26(15-18)13-14-28-21(16-4-8-19(23)9-5-16)17-6-10-20(24)11-7-17/h4-11,18,21H,2-3,12-15H2,1H3,(H,25,27). The van der Waals surface area contributed by atoms with Crippen LogP contribution in [0.15, 0.2) is 48.5 Å². The van der Waals surface area contributed by atoms with Crippen molar-refractivity contribution in [2.24, 2.45) is 5.92 Å². The van der Waals surface area contributed by atoms with Crippen LogP contribution in [0.1, 0.15) is 30.1 Å². The molecule has 1 amide bonds. The van der Waals surface area contributed by atoms with Crippen molar-refractivity contribution in [3.8, 4) is 0 Å². The largest absolute Gasteiger partial charge is 0.367 e. The van der Waals surface area contributed by atoms with Crippen molar-refractivity contribution in [3.05, 3.63) is 69.7 Å². The van der Waals surface area contributed by atoms with Crippen LogP contribution in [0.3, 0.4) is 0 Å². The predicted molar refractivity (Wildman–Crippen MR) is 114 cm³/mol. The summed E-state index contributed by atoms with van der Waals surface area (Å²) in [5, 5.41) is 4.17. The number of piperidine rings is 1. The first-order chi connectivity index (χ1) is 13.6. The van der Waals surface area contributed by atoms with E-state index in [0.29, 0.717) is 16.7 Å². The summed E-state index contributed by atoms with van der Waals surface area (Å²) in [6.45, 7) is 3.17. The molecule has 2 aromatic rings. The molecule has 0 radical (unpaired) electrons. The van der Waals surface area contributed by atoms with Crippen molar-refractivity contribution in [1.29, 1.82) is 0 Å². The first-order valence-electron chi connectivity index (χ1n) is 9.63. The maximum Gasteiger partial charge on any atom is 0.224 e. The third-order valence-electron chi connectivity index (χ3n) is 5.16. The Morgan fingerprint density at radius 2 is 1.68 bits per heavy atom. The van der Waals surface area contributed by atoms with Crippen LogP contribution >= 0.6 is 23.2 Å². The number of carbonyl (C=O) groups excluding carboxylic acids is 1. The monoisotopic (exact) mass is 420 g/mol. The van der Waals surface area contributed by atoms with Crippen LogP contribution in [-0.2, 0) is 9.53 Å². The molecule has 1 saturated heterocycles. The van der Waals surface area contributed by atoms with Gasteiger partial charge in [-0.3, -0.25) is 4.79 Å². The molecule has 1 aliphatic heterocycles. The van der Waals surface area contributed by atoms with E-state index in [9.17, 15) is 4.79 Å². The van der Waals surface area contributed by atoms with E-state index in [4.69, 9.17) is 27.9 Å². The Hall–Kier alpha value is -1.59. The highest BCUT2D eigenvalue weighted by Gasteiger charge is 2.25. The number of nitrogens with one attached hydrogen (secondary N) is 1. The van der Waals surface area contributed by atoms with Crippen molar-refractivity contribution in [2.45, 2.75) is 18.9 Å². The lowest BCUT2D eigenvalue weighted by molar-refractivity contribution is -0.126. The number of halogens is 2. The zero-order valence-electron chi connectivity index (χ0n) is 16.0. The van der Waals surface area contributed by atoms with E-state index < -0.39 is 0 Å². The third kappa shape index (κ3) is 5.71. The Balaban J connectivity index is 1.64. The van der Waals surface area contributed by atoms with Gasteiger partial charge in [0, 0.05) is 30.2 Å². The lowest BCUT2D eigenvalue weighted by Crippen LogP contribution is -2.43. The molecule has 1 atom stereocenters. The zero-order chi connectivity index (χ0) is 19.9. The highest BCUT2D eigenvalue weighted by Crippen LogP contribution is 2.28. The van der Waals surface area contributed by atoms with Gasteiger partial charge in [-0.25, -0.2) is 0 Å². The first kappa shape index (κ1) is 21.1. The average molecular weight is 421 g/mol. The second kappa shape index (κ2) is 10.3. The number of hydrogen-bond acceptors (Lipinski definition) is 3. The summed E-state index contributed by atoms with van der Waals surface area (Å²) in [5.41, 5.74) is 2.10. The van der Waals surface area contributed by atoms with E-state index in [1.807, 2.05) is 48.5 Å². The fourth-order valence-electron chi connectivity index (χ4n) is 3.64. The van der Waals surface area contributed by atoms with Crippen LogP contribution in [0.5, 0.6) is 0 Å². The smallest absolute Gasteiger partial charge is 0.224 e. The van der Waals surface area contributed by atoms with E-state index in [0.717, 1.165) is 43.6 Å². The van der Waals surface area contributed by atoms with Gasteiger partial charge in [0.15, 0.2) is 0 Å². The first-order valence-corrected chi connectivity index (χ1v) is 10.4. The van der Waals surface area contributed by atoms with E-state index in [1.54, 1.807) is 7.05 Å². The predicted octanol–water partition coefficient (Wildman–Crippen LogP) is 4.56. The minimum absolute atomic E-state index is 0.0714. The van der Waals surface area contributed by atoms with Crippen LogP contribution in [0, 0.1) is 5.92 Å². The summed E-state index contributed by atoms with van der Waals surface area (Å²) in [6.07, 6.45) is 1.81. The Kier molecular flexibility index (Phi) is 7.74. The molecule has 3 rings (SSSR count). The number of hydrogen-bond donors (Lipinski definition) is 1. The normalized spacial score (nSPS) is 17.6. The van der Waals surface area contributed by atoms with Gasteiger partial charge in [0.25, 0.3) is 0 Å². The molecule has 2 aromatic carbocycles. The van der Waals surface area contributed by atoms with Crippen LogP contribution in [0.2, 0.25) is 10.0 Å². The lowest BCUT2D eigenvalue weighted by atomic mass is 9.97. The van der Waals surface area contributed by atoms with E-state index >= 15 is 0 Å². The van der Waals surface area contributed by atoms with Crippen molar-refractivity contribution in [1.82, 2.24) is 10.2 Å². The van der Waals surface area contributed by atoms with Gasteiger partial charge in [-0.05, 0) is 54.8 Å². The fraction of sp³-hybridized carbons (Fsp3) is 0.409. The highest BCUT2D eigenvalue weighted by molar-refractivity contribution is 6.30. The summed E-state index contributed by atoms with van der Waals surface area (Å²) in [4.78, 5) is 14.2. The zero-order valence-corrected chi connectivity index (χ0v) is 17.5. The van der Waals surface area contributed by atoms with Crippen LogP contribution in [0.4, 0.5) is 0 Å². The van der Waals surface area contributed by atoms with Gasteiger partial charge >= 0.3 is 0 Å². The van der Waals surface area contributed by atoms with E-state index in [2.05, 4.69) is 10.2 Å². The van der Waals surface area contributed by atoms with Crippen LogP contribution < -0.4 is 5.32 Å². The summed E-state index contributed by atoms with van der Waals surface area (Å²) in [7, 11) is 1.70. The fourth-order valence-corrected chi connectivity index (χ4v) is 3.89. The summed E-state index contributed by atoms with van der Waals surface area (Å²) in [5.74, 6) is 0.202. The molecule has 4 nitrogen and oxygen atoms in total. The number of rotatable bonds is 7. The summed E-state index contributed by atoms with van der Waals surface area (Å²) < 4.78 is 6.29. The number of nitrogens with zero attached hydrogens (tertiary/aromatic N) is 1. The molecule has 0 spiro atoms. The highest BCUT2D eigenvalue weighted by atomic mass is 35.5. The molecule has 1 aliphatic rings. The molecule has 0 aliphatic carbocycles. The molecular weight excluding hydrogens is 395 g/mol. The van der Waals surface area contributed by atoms with Gasteiger partial charge in [-0.1, -0.05) is 47.5 Å². The van der Waals surface area contributed by atoms with Crippen LogP contribution in [-0.4, -0.2) is 44.1 Å². The Labute approximate surface area is 176 Å². The molecule has 1 heterocycles. The number of benzene rings is 2. The van der Waals surface area contributed by atoms with Crippen LogP contribution in [0.25, 0.3) is 0 Å². The molecule has 0 saturated carbocycles. The van der Waals surface area contributed by atoms with Crippen molar-refractivity contribution >= 4 is 29.1 Å². The van der Waals surface area contributed by atoms with Gasteiger partial charge in [-0.2, -0.15) is 0 Å². The number of likely N-dealkylation sites (tertiary alicyclic amines) is 1. The Morgan fingerprint density at radius 1 is 1.11 bits per heavy atom. The lowest BCUT2D eigenvalue weighted by Gasteiger charge is -2.32. The number of amides is 1. The second-order valence-electron chi connectivity index (χ2n) is 7.11. The molecule has 28 heavy (non-hydrogen) atoms. The maximum atomic E-state index is 11.9. The molecule has 6 heteroatoms. The molecule has 0 aromatic heterocycles. The Bertz CT molecular complexity index is 720. The quantitative estimate of drug-likeness (QED) is 0.713. The van der Waals surface area contributed by atoms with Gasteiger partial charge in [0.1, 0.15) is 6.10 Å². The summed E-state index contributed by atoms with van der Waals surface area (Å²) >= 11 is 12.1. The van der Waals surface area contributed by atoms with Gasteiger partial charge < -0.3 is 15.0 Å². The van der Waals surface area contributed by atoms with Gasteiger partial charge in [0.2, 0.25) is 5.91 Å². The molecular formula is C22H26Cl2N2O2. The van der Waals surface area contributed by atoms with Gasteiger partial charge in [-0.15, -0.1) is 0 Å². The second-order valence-corrected chi connectivity index (χ2v) is 7.98. The van der Waals surface area contributed by atoms with Crippen molar-refractivity contribution < 1.29 is 9.53 Å². The van der Waals surface area contributed by atoms with E-state index in [1.165, 1.54) is 0 Å². The SMILES string of the molecule is CNC(=O)C1CCCN(CCOC(c2ccc(Cl)cc2)c2ccc(Cl)cc2)C1. The number of ether oxygens (including phenoxy) is 1. The molecule has 0 bridgehead atoms. The van der Waals surface area contributed by atoms with Crippen molar-refractivity contribution in [3.63, 3.8) is 0 Å². The average Bonchev–Trinajstić information content (AvgIpc) is 2.72. The number of carbonyl (C=O) groups is 1. The molecule has 1 N–H and O–H groups in total. The van der Waals surface area contributed by atoms with Gasteiger partial charge in [0.05, 0.1) is 12.5 Å². The van der Waals surface area contributed by atoms with E-state index in [-0.39, 0.29) is 17.9 Å². The summed E-state index contributed by atoms with van der Waals surface area (Å²) in [6, 6.07) is 15.5. The Morgan fingerprint density at radius 3 is 2.21 bits per heavy atom. The third-order valence-corrected chi connectivity index (χ3v) is 5.66. The maximum absolute atomic E-state index is 11.9. The molecule has 150 valence electrons. The molecule has 1 unspecified atom stereocenters. The minimum atomic E-state index is -0.186. The molecule has 1 fully saturated rings. The topological polar surface area (TPSA) is 41.6 Å². The minimum Gasteiger partial charge on any atom is -0.367 e. The van der Waals surface area contributed by atoms with Crippen molar-refractivity contribution in [2.75, 3.05) is 33.3 Å².